The average molecular weight is 292 g/mol. The van der Waals surface area contributed by atoms with Gasteiger partial charge in [-0.3, -0.25) is 9.59 Å². The number of rotatable bonds is 4. The Labute approximate surface area is 124 Å². The molecule has 0 atom stereocenters. The Morgan fingerprint density at radius 1 is 1.00 bits per heavy atom. The molecule has 0 saturated carbocycles. The average Bonchev–Trinajstić information content (AvgIpc) is 2.53. The number of carbonyl (C=O) groups excluding carboxylic acids is 2. The first kappa shape index (κ1) is 15.5. The molecule has 1 aliphatic heterocycles. The van der Waals surface area contributed by atoms with Crippen molar-refractivity contribution in [1.82, 2.24) is 9.80 Å². The third kappa shape index (κ3) is 4.28. The fourth-order valence-corrected chi connectivity index (χ4v) is 2.49. The van der Waals surface area contributed by atoms with Crippen LogP contribution in [0.15, 0.2) is 24.3 Å². The lowest BCUT2D eigenvalue weighted by atomic mass is 10.1. The summed E-state index contributed by atoms with van der Waals surface area (Å²) >= 11 is 0. The van der Waals surface area contributed by atoms with E-state index in [1.54, 1.807) is 12.1 Å². The summed E-state index contributed by atoms with van der Waals surface area (Å²) in [5.41, 5.74) is 0.963. The van der Waals surface area contributed by atoms with Gasteiger partial charge in [-0.1, -0.05) is 19.1 Å². The lowest BCUT2D eigenvalue weighted by molar-refractivity contribution is -0.139. The van der Waals surface area contributed by atoms with Crippen molar-refractivity contribution in [3.05, 3.63) is 35.6 Å². The van der Waals surface area contributed by atoms with E-state index >= 15 is 0 Å². The number of nitrogens with zero attached hydrogens (tertiary/aromatic N) is 2. The third-order valence-corrected chi connectivity index (χ3v) is 3.83. The zero-order valence-electron chi connectivity index (χ0n) is 12.3. The molecule has 0 unspecified atom stereocenters. The van der Waals surface area contributed by atoms with Gasteiger partial charge in [0.15, 0.2) is 0 Å². The largest absolute Gasteiger partial charge is 0.339 e. The van der Waals surface area contributed by atoms with Crippen LogP contribution in [0.4, 0.5) is 4.39 Å². The quantitative estimate of drug-likeness (QED) is 0.849. The number of hydrogen-bond donors (Lipinski definition) is 0. The number of carbonyl (C=O) groups is 2. The molecule has 21 heavy (non-hydrogen) atoms. The van der Waals surface area contributed by atoms with Crippen molar-refractivity contribution in [2.45, 2.75) is 26.2 Å². The van der Waals surface area contributed by atoms with Crippen LogP contribution in [0, 0.1) is 5.82 Å². The Hall–Kier alpha value is -1.91. The molecule has 0 spiro atoms. The smallest absolute Gasteiger partial charge is 0.223 e. The van der Waals surface area contributed by atoms with Gasteiger partial charge in [-0.05, 0) is 24.1 Å². The van der Waals surface area contributed by atoms with Crippen LogP contribution in [0.5, 0.6) is 0 Å². The minimum atomic E-state index is -0.262. The van der Waals surface area contributed by atoms with Gasteiger partial charge in [-0.2, -0.15) is 0 Å². The van der Waals surface area contributed by atoms with Gasteiger partial charge < -0.3 is 9.80 Å². The minimum absolute atomic E-state index is 0.0999. The SMILES string of the molecule is CCC(=O)N1CCN(C(=O)CCc2ccc(F)cc2)CC1. The summed E-state index contributed by atoms with van der Waals surface area (Å²) in [6.07, 6.45) is 1.55. The molecule has 1 heterocycles. The predicted molar refractivity (Wildman–Crippen MR) is 78.2 cm³/mol. The van der Waals surface area contributed by atoms with Gasteiger partial charge in [0.2, 0.25) is 11.8 Å². The topological polar surface area (TPSA) is 40.6 Å². The van der Waals surface area contributed by atoms with Gasteiger partial charge in [0.05, 0.1) is 0 Å². The lowest BCUT2D eigenvalue weighted by Gasteiger charge is -2.34. The van der Waals surface area contributed by atoms with Crippen molar-refractivity contribution in [2.75, 3.05) is 26.2 Å². The normalized spacial score (nSPS) is 15.1. The molecule has 0 N–H and O–H groups in total. The molecular weight excluding hydrogens is 271 g/mol. The molecule has 1 aliphatic rings. The van der Waals surface area contributed by atoms with Crippen molar-refractivity contribution in [2.24, 2.45) is 0 Å². The van der Waals surface area contributed by atoms with Crippen LogP contribution in [0.2, 0.25) is 0 Å². The molecular formula is C16H21FN2O2. The molecule has 1 fully saturated rings. The second-order valence-electron chi connectivity index (χ2n) is 5.24. The van der Waals surface area contributed by atoms with Gasteiger partial charge in [-0.25, -0.2) is 4.39 Å². The number of hydrogen-bond acceptors (Lipinski definition) is 2. The van der Waals surface area contributed by atoms with E-state index in [0.29, 0.717) is 45.4 Å². The molecule has 4 nitrogen and oxygen atoms in total. The van der Waals surface area contributed by atoms with Crippen LogP contribution in [0.1, 0.15) is 25.3 Å². The summed E-state index contributed by atoms with van der Waals surface area (Å²) in [4.78, 5) is 27.3. The molecule has 5 heteroatoms. The minimum Gasteiger partial charge on any atom is -0.339 e. The first-order valence-corrected chi connectivity index (χ1v) is 7.40. The van der Waals surface area contributed by atoms with E-state index in [0.717, 1.165) is 5.56 Å². The molecule has 2 rings (SSSR count). The van der Waals surface area contributed by atoms with E-state index in [1.807, 2.05) is 16.7 Å². The Bertz CT molecular complexity index is 494. The highest BCUT2D eigenvalue weighted by Crippen LogP contribution is 2.09. The molecule has 2 amide bonds. The first-order valence-electron chi connectivity index (χ1n) is 7.40. The van der Waals surface area contributed by atoms with Crippen LogP contribution in [-0.2, 0) is 16.0 Å². The number of benzene rings is 1. The van der Waals surface area contributed by atoms with Gasteiger partial charge in [0.25, 0.3) is 0 Å². The van der Waals surface area contributed by atoms with Crippen LogP contribution in [0.3, 0.4) is 0 Å². The van der Waals surface area contributed by atoms with Crippen molar-refractivity contribution in [1.29, 1.82) is 0 Å². The lowest BCUT2D eigenvalue weighted by Crippen LogP contribution is -2.50. The Morgan fingerprint density at radius 2 is 1.52 bits per heavy atom. The van der Waals surface area contributed by atoms with E-state index < -0.39 is 0 Å². The highest BCUT2D eigenvalue weighted by atomic mass is 19.1. The zero-order valence-corrected chi connectivity index (χ0v) is 12.3. The van der Waals surface area contributed by atoms with Crippen molar-refractivity contribution >= 4 is 11.8 Å². The second-order valence-corrected chi connectivity index (χ2v) is 5.24. The van der Waals surface area contributed by atoms with Crippen LogP contribution >= 0.6 is 0 Å². The van der Waals surface area contributed by atoms with Crippen LogP contribution in [0.25, 0.3) is 0 Å². The maximum atomic E-state index is 12.8. The second kappa shape index (κ2) is 7.20. The summed E-state index contributed by atoms with van der Waals surface area (Å²) in [6.45, 7) is 4.30. The Morgan fingerprint density at radius 3 is 2.05 bits per heavy atom. The molecule has 114 valence electrons. The van der Waals surface area contributed by atoms with Crippen molar-refractivity contribution in [3.8, 4) is 0 Å². The van der Waals surface area contributed by atoms with Crippen molar-refractivity contribution < 1.29 is 14.0 Å². The van der Waals surface area contributed by atoms with Crippen LogP contribution < -0.4 is 0 Å². The maximum absolute atomic E-state index is 12.8. The van der Waals surface area contributed by atoms with E-state index in [2.05, 4.69) is 0 Å². The first-order chi connectivity index (χ1) is 10.1. The summed E-state index contributed by atoms with van der Waals surface area (Å²) in [6, 6.07) is 6.24. The standard InChI is InChI=1S/C16H21FN2O2/c1-2-15(20)18-9-11-19(12-10-18)16(21)8-5-13-3-6-14(17)7-4-13/h3-4,6-7H,2,5,8-12H2,1H3. The predicted octanol–water partition coefficient (Wildman–Crippen LogP) is 1.84. The Kier molecular flexibility index (Phi) is 5.31. The number of amides is 2. The number of halogens is 1. The molecule has 1 aromatic rings. The highest BCUT2D eigenvalue weighted by molar-refractivity contribution is 5.78. The summed E-state index contributed by atoms with van der Waals surface area (Å²) in [5, 5.41) is 0. The number of aryl methyl sites for hydroxylation is 1. The van der Waals surface area contributed by atoms with E-state index in [1.165, 1.54) is 12.1 Å². The van der Waals surface area contributed by atoms with Crippen molar-refractivity contribution in [3.63, 3.8) is 0 Å². The Balaban J connectivity index is 1.77. The molecule has 0 bridgehead atoms. The van der Waals surface area contributed by atoms with E-state index in [4.69, 9.17) is 0 Å². The third-order valence-electron chi connectivity index (χ3n) is 3.83. The molecule has 1 aromatic carbocycles. The molecule has 1 saturated heterocycles. The zero-order chi connectivity index (χ0) is 15.2. The summed E-state index contributed by atoms with van der Waals surface area (Å²) < 4.78 is 12.8. The maximum Gasteiger partial charge on any atom is 0.223 e. The highest BCUT2D eigenvalue weighted by Gasteiger charge is 2.22. The molecule has 0 aliphatic carbocycles. The molecule has 0 aromatic heterocycles. The van der Waals surface area contributed by atoms with Gasteiger partial charge in [0.1, 0.15) is 5.82 Å². The van der Waals surface area contributed by atoms with E-state index in [9.17, 15) is 14.0 Å². The number of piperazine rings is 1. The van der Waals surface area contributed by atoms with Gasteiger partial charge in [0, 0.05) is 39.0 Å². The van der Waals surface area contributed by atoms with Gasteiger partial charge >= 0.3 is 0 Å². The summed E-state index contributed by atoms with van der Waals surface area (Å²) in [5.74, 6) is -0.0156. The van der Waals surface area contributed by atoms with Crippen LogP contribution in [-0.4, -0.2) is 47.8 Å². The van der Waals surface area contributed by atoms with Gasteiger partial charge in [-0.15, -0.1) is 0 Å². The fraction of sp³-hybridized carbons (Fsp3) is 0.500. The van der Waals surface area contributed by atoms with E-state index in [-0.39, 0.29) is 17.6 Å². The monoisotopic (exact) mass is 292 g/mol. The summed E-state index contributed by atoms with van der Waals surface area (Å²) in [7, 11) is 0. The molecule has 0 radical (unpaired) electrons. The fourth-order valence-electron chi connectivity index (χ4n) is 2.49.